The van der Waals surface area contributed by atoms with Crippen molar-refractivity contribution in [2.24, 2.45) is 0 Å². The second-order valence-corrected chi connectivity index (χ2v) is 7.15. The molecule has 2 N–H and O–H groups in total. The molecule has 19 heavy (non-hydrogen) atoms. The summed E-state index contributed by atoms with van der Waals surface area (Å²) in [6.07, 6.45) is 0.715. The van der Waals surface area contributed by atoms with E-state index in [9.17, 15) is 8.42 Å². The predicted molar refractivity (Wildman–Crippen MR) is 76.0 cm³/mol. The number of nitrogen functional groups attached to an aromatic ring is 1. The summed E-state index contributed by atoms with van der Waals surface area (Å²) in [7, 11) is -0.893. The number of ether oxygens (including phenoxy) is 1. The third-order valence-electron chi connectivity index (χ3n) is 3.45. The Kier molecular flexibility index (Phi) is 4.31. The van der Waals surface area contributed by atoms with Crippen LogP contribution in [-0.4, -0.2) is 51.1 Å². The van der Waals surface area contributed by atoms with Gasteiger partial charge in [-0.25, -0.2) is 8.42 Å². The summed E-state index contributed by atoms with van der Waals surface area (Å²) in [5, 5.41) is 0. The smallest absolute Gasteiger partial charge is 0.151 e. The van der Waals surface area contributed by atoms with E-state index in [4.69, 9.17) is 10.5 Å². The van der Waals surface area contributed by atoms with Gasteiger partial charge in [-0.05, 0) is 25.6 Å². The van der Waals surface area contributed by atoms with Gasteiger partial charge in [-0.1, -0.05) is 12.1 Å². The second kappa shape index (κ2) is 5.79. The van der Waals surface area contributed by atoms with E-state index in [1.807, 2.05) is 30.1 Å². The Morgan fingerprint density at radius 3 is 2.79 bits per heavy atom. The van der Waals surface area contributed by atoms with Gasteiger partial charge in [0.15, 0.2) is 9.84 Å². The normalized spacial score (nSPS) is 21.7. The van der Waals surface area contributed by atoms with E-state index in [0.29, 0.717) is 36.8 Å². The quantitative estimate of drug-likeness (QED) is 0.808. The van der Waals surface area contributed by atoms with Crippen molar-refractivity contribution in [1.82, 2.24) is 4.90 Å². The van der Waals surface area contributed by atoms with E-state index in [2.05, 4.69) is 0 Å². The third-order valence-corrected chi connectivity index (χ3v) is 5.20. The van der Waals surface area contributed by atoms with Gasteiger partial charge in [0.2, 0.25) is 0 Å². The molecule has 1 unspecified atom stereocenters. The first-order valence-corrected chi connectivity index (χ1v) is 8.18. The monoisotopic (exact) mass is 284 g/mol. The molecule has 0 bridgehead atoms. The SMILES string of the molecule is CN(CCOc1ccccc1N)C1CCS(=O)(=O)C1. The van der Waals surface area contributed by atoms with Crippen molar-refractivity contribution >= 4 is 15.5 Å². The number of nitrogens with two attached hydrogens (primary N) is 1. The summed E-state index contributed by atoms with van der Waals surface area (Å²) in [4.78, 5) is 2.05. The summed E-state index contributed by atoms with van der Waals surface area (Å²) in [5.74, 6) is 1.24. The number of nitrogens with zero attached hydrogens (tertiary/aromatic N) is 1. The van der Waals surface area contributed by atoms with Crippen LogP contribution in [0.2, 0.25) is 0 Å². The summed E-state index contributed by atoms with van der Waals surface area (Å²) >= 11 is 0. The zero-order valence-corrected chi connectivity index (χ0v) is 11.9. The molecule has 0 aromatic heterocycles. The highest BCUT2D eigenvalue weighted by Crippen LogP contribution is 2.20. The Labute approximate surface area is 114 Å². The van der Waals surface area contributed by atoms with E-state index in [1.54, 1.807) is 6.07 Å². The molecule has 1 aromatic rings. The predicted octanol–water partition coefficient (Wildman–Crippen LogP) is 0.767. The molecule has 1 atom stereocenters. The molecular formula is C13H20N2O3S. The topological polar surface area (TPSA) is 72.6 Å². The maximum atomic E-state index is 11.4. The van der Waals surface area contributed by atoms with Crippen LogP contribution in [0.1, 0.15) is 6.42 Å². The van der Waals surface area contributed by atoms with E-state index in [0.717, 1.165) is 0 Å². The van der Waals surface area contributed by atoms with Crippen LogP contribution in [0.5, 0.6) is 5.75 Å². The molecule has 1 heterocycles. The lowest BCUT2D eigenvalue weighted by Gasteiger charge is -2.23. The lowest BCUT2D eigenvalue weighted by molar-refractivity contribution is 0.203. The minimum atomic E-state index is -2.83. The molecule has 1 aliphatic rings. The Morgan fingerprint density at radius 1 is 1.42 bits per heavy atom. The molecule has 1 aromatic carbocycles. The first-order valence-electron chi connectivity index (χ1n) is 6.36. The molecule has 1 aliphatic heterocycles. The molecule has 6 heteroatoms. The highest BCUT2D eigenvalue weighted by Gasteiger charge is 2.30. The number of anilines is 1. The number of hydrogen-bond donors (Lipinski definition) is 1. The van der Waals surface area contributed by atoms with E-state index in [1.165, 1.54) is 0 Å². The molecule has 0 spiro atoms. The van der Waals surface area contributed by atoms with Crippen LogP contribution in [0.15, 0.2) is 24.3 Å². The first kappa shape index (κ1) is 14.1. The maximum absolute atomic E-state index is 11.4. The van der Waals surface area contributed by atoms with Crippen LogP contribution < -0.4 is 10.5 Å². The van der Waals surface area contributed by atoms with Crippen molar-refractivity contribution < 1.29 is 13.2 Å². The number of para-hydroxylation sites is 2. The number of hydrogen-bond acceptors (Lipinski definition) is 5. The molecule has 0 aliphatic carbocycles. The molecule has 1 fully saturated rings. The molecule has 5 nitrogen and oxygen atoms in total. The van der Waals surface area contributed by atoms with Gasteiger partial charge >= 0.3 is 0 Å². The fourth-order valence-electron chi connectivity index (χ4n) is 2.22. The number of benzene rings is 1. The summed E-state index contributed by atoms with van der Waals surface area (Å²) in [6.45, 7) is 1.19. The summed E-state index contributed by atoms with van der Waals surface area (Å²) in [6, 6.07) is 7.47. The molecule has 2 rings (SSSR count). The van der Waals surface area contributed by atoms with E-state index < -0.39 is 9.84 Å². The highest BCUT2D eigenvalue weighted by molar-refractivity contribution is 7.91. The summed E-state index contributed by atoms with van der Waals surface area (Å²) < 4.78 is 28.4. The fraction of sp³-hybridized carbons (Fsp3) is 0.538. The first-order chi connectivity index (χ1) is 8.98. The highest BCUT2D eigenvalue weighted by atomic mass is 32.2. The number of rotatable bonds is 5. The minimum absolute atomic E-state index is 0.113. The Hall–Kier alpha value is -1.27. The van der Waals surface area contributed by atoms with Gasteiger partial charge in [0.1, 0.15) is 12.4 Å². The Morgan fingerprint density at radius 2 is 2.16 bits per heavy atom. The van der Waals surface area contributed by atoms with Crippen LogP contribution in [0.25, 0.3) is 0 Å². The van der Waals surface area contributed by atoms with E-state index >= 15 is 0 Å². The van der Waals surface area contributed by atoms with Crippen molar-refractivity contribution in [3.8, 4) is 5.75 Å². The van der Waals surface area contributed by atoms with Crippen molar-refractivity contribution in [2.45, 2.75) is 12.5 Å². The number of sulfone groups is 1. The lowest BCUT2D eigenvalue weighted by atomic mass is 10.2. The van der Waals surface area contributed by atoms with Gasteiger partial charge in [-0.15, -0.1) is 0 Å². The van der Waals surface area contributed by atoms with Crippen LogP contribution in [0, 0.1) is 0 Å². The van der Waals surface area contributed by atoms with Crippen molar-refractivity contribution in [1.29, 1.82) is 0 Å². The molecule has 106 valence electrons. The van der Waals surface area contributed by atoms with Crippen molar-refractivity contribution in [2.75, 3.05) is 37.4 Å². The largest absolute Gasteiger partial charge is 0.490 e. The van der Waals surface area contributed by atoms with Crippen LogP contribution in [-0.2, 0) is 9.84 Å². The second-order valence-electron chi connectivity index (χ2n) is 4.92. The average Bonchev–Trinajstić information content (AvgIpc) is 2.72. The summed E-state index contributed by atoms with van der Waals surface area (Å²) in [5.41, 5.74) is 6.40. The number of likely N-dealkylation sites (N-methyl/N-ethyl adjacent to an activating group) is 1. The van der Waals surface area contributed by atoms with Gasteiger partial charge < -0.3 is 10.5 Å². The standard InChI is InChI=1S/C13H20N2O3S/c1-15(11-6-9-19(16,17)10-11)7-8-18-13-5-3-2-4-12(13)14/h2-5,11H,6-10,14H2,1H3. The van der Waals surface area contributed by atoms with E-state index in [-0.39, 0.29) is 11.8 Å². The zero-order chi connectivity index (χ0) is 13.9. The Balaban J connectivity index is 1.79. The minimum Gasteiger partial charge on any atom is -0.490 e. The average molecular weight is 284 g/mol. The molecule has 1 saturated heterocycles. The third kappa shape index (κ3) is 3.84. The van der Waals surface area contributed by atoms with Crippen molar-refractivity contribution in [3.05, 3.63) is 24.3 Å². The van der Waals surface area contributed by atoms with Crippen molar-refractivity contribution in [3.63, 3.8) is 0 Å². The van der Waals surface area contributed by atoms with Crippen LogP contribution in [0.4, 0.5) is 5.69 Å². The molecule has 0 radical (unpaired) electrons. The Bertz CT molecular complexity index is 530. The maximum Gasteiger partial charge on any atom is 0.151 e. The van der Waals surface area contributed by atoms with Crippen LogP contribution in [0.3, 0.4) is 0 Å². The van der Waals surface area contributed by atoms with Gasteiger partial charge in [0.05, 0.1) is 17.2 Å². The molecule has 0 saturated carbocycles. The van der Waals surface area contributed by atoms with Gasteiger partial charge in [0, 0.05) is 12.6 Å². The van der Waals surface area contributed by atoms with Gasteiger partial charge in [-0.3, -0.25) is 4.90 Å². The van der Waals surface area contributed by atoms with Gasteiger partial charge in [-0.2, -0.15) is 0 Å². The van der Waals surface area contributed by atoms with Crippen LogP contribution >= 0.6 is 0 Å². The fourth-order valence-corrected chi connectivity index (χ4v) is 4.02. The molecule has 0 amide bonds. The molecular weight excluding hydrogens is 264 g/mol. The van der Waals surface area contributed by atoms with Gasteiger partial charge in [0.25, 0.3) is 0 Å². The zero-order valence-electron chi connectivity index (χ0n) is 11.1. The lowest BCUT2D eigenvalue weighted by Crippen LogP contribution is -2.35.